The van der Waals surface area contributed by atoms with E-state index in [0.29, 0.717) is 29.3 Å². The van der Waals surface area contributed by atoms with Crippen molar-refractivity contribution < 1.29 is 9.47 Å². The molecule has 0 unspecified atom stereocenters. The Kier molecular flexibility index (Phi) is 5.12. The van der Waals surface area contributed by atoms with Gasteiger partial charge < -0.3 is 9.47 Å². The van der Waals surface area contributed by atoms with Crippen molar-refractivity contribution in [2.24, 2.45) is 0 Å². The molecular formula is C23H17N3O2. The molecular weight excluding hydrogens is 350 g/mol. The Labute approximate surface area is 163 Å². The summed E-state index contributed by atoms with van der Waals surface area (Å²) in [7, 11) is 1.64. The predicted octanol–water partition coefficient (Wildman–Crippen LogP) is 4.01. The highest BCUT2D eigenvalue weighted by Crippen LogP contribution is 2.22. The molecule has 28 heavy (non-hydrogen) atoms. The molecule has 0 aliphatic rings. The molecule has 136 valence electrons. The number of methoxy groups -OCH3 is 1. The van der Waals surface area contributed by atoms with Gasteiger partial charge in [0, 0.05) is 17.3 Å². The second-order valence-electron chi connectivity index (χ2n) is 5.94. The minimum absolute atomic E-state index is 0.296. The van der Waals surface area contributed by atoms with Crippen molar-refractivity contribution in [3.8, 4) is 23.5 Å². The first-order valence-electron chi connectivity index (χ1n) is 8.78. The molecule has 2 heterocycles. The van der Waals surface area contributed by atoms with Crippen LogP contribution in [0.3, 0.4) is 0 Å². The Hall–Kier alpha value is -3.91. The van der Waals surface area contributed by atoms with Crippen LogP contribution in [0.25, 0.3) is 11.2 Å². The van der Waals surface area contributed by atoms with E-state index < -0.39 is 0 Å². The highest BCUT2D eigenvalue weighted by atomic mass is 16.5. The summed E-state index contributed by atoms with van der Waals surface area (Å²) in [6, 6.07) is 21.1. The van der Waals surface area contributed by atoms with Crippen LogP contribution < -0.4 is 9.47 Å². The lowest BCUT2D eigenvalue weighted by Gasteiger charge is -2.10. The molecule has 0 bridgehead atoms. The molecule has 0 amide bonds. The Morgan fingerprint density at radius 1 is 0.857 bits per heavy atom. The van der Waals surface area contributed by atoms with Gasteiger partial charge in [0.15, 0.2) is 11.3 Å². The highest BCUT2D eigenvalue weighted by Gasteiger charge is 2.11. The van der Waals surface area contributed by atoms with Gasteiger partial charge in [-0.2, -0.15) is 0 Å². The average Bonchev–Trinajstić information content (AvgIpc) is 2.76. The molecule has 0 N–H and O–H groups in total. The number of pyridine rings is 1. The summed E-state index contributed by atoms with van der Waals surface area (Å²) in [5, 5.41) is 0. The summed E-state index contributed by atoms with van der Waals surface area (Å²) in [6.07, 6.45) is 1.68. The van der Waals surface area contributed by atoms with Gasteiger partial charge in [0.25, 0.3) is 0 Å². The molecule has 0 saturated carbocycles. The molecule has 0 aliphatic heterocycles. The number of aromatic nitrogens is 3. The molecule has 0 aliphatic carbocycles. The van der Waals surface area contributed by atoms with E-state index in [1.807, 2.05) is 66.7 Å². The van der Waals surface area contributed by atoms with E-state index in [1.165, 1.54) is 0 Å². The Morgan fingerprint density at radius 2 is 1.68 bits per heavy atom. The highest BCUT2D eigenvalue weighted by molar-refractivity contribution is 5.71. The summed E-state index contributed by atoms with van der Waals surface area (Å²) >= 11 is 0. The third-order valence-corrected chi connectivity index (χ3v) is 4.06. The van der Waals surface area contributed by atoms with Crippen molar-refractivity contribution in [1.29, 1.82) is 0 Å². The standard InChI is InChI=1S/C23H17N3O2/c1-27-21-12-6-5-10-18(21)16-28-23-20(14-13-17-8-3-2-4-9-17)25-22-19(26-23)11-7-15-24-22/h2-12,15H,16H2,1H3. The Morgan fingerprint density at radius 3 is 2.54 bits per heavy atom. The Balaban J connectivity index is 1.70. The summed E-state index contributed by atoms with van der Waals surface area (Å²) in [5.41, 5.74) is 3.44. The van der Waals surface area contributed by atoms with Gasteiger partial charge in [-0.05, 0) is 36.3 Å². The van der Waals surface area contributed by atoms with Crippen molar-refractivity contribution in [2.45, 2.75) is 6.61 Å². The van der Waals surface area contributed by atoms with Crippen LogP contribution in [-0.2, 0) is 6.61 Å². The van der Waals surface area contributed by atoms with E-state index >= 15 is 0 Å². The summed E-state index contributed by atoms with van der Waals surface area (Å²) in [6.45, 7) is 0.296. The van der Waals surface area contributed by atoms with E-state index in [-0.39, 0.29) is 0 Å². The number of benzene rings is 2. The smallest absolute Gasteiger partial charge is 0.250 e. The summed E-state index contributed by atoms with van der Waals surface area (Å²) in [4.78, 5) is 13.4. The van der Waals surface area contributed by atoms with E-state index in [9.17, 15) is 0 Å². The van der Waals surface area contributed by atoms with Crippen LogP contribution in [0.1, 0.15) is 16.8 Å². The van der Waals surface area contributed by atoms with Crippen LogP contribution in [0, 0.1) is 11.8 Å². The predicted molar refractivity (Wildman–Crippen MR) is 107 cm³/mol. The topological polar surface area (TPSA) is 57.1 Å². The van der Waals surface area contributed by atoms with E-state index in [4.69, 9.17) is 9.47 Å². The molecule has 5 heteroatoms. The van der Waals surface area contributed by atoms with Crippen molar-refractivity contribution >= 4 is 11.2 Å². The fraction of sp³-hybridized carbons (Fsp3) is 0.0870. The third-order valence-electron chi connectivity index (χ3n) is 4.06. The number of hydrogen-bond acceptors (Lipinski definition) is 5. The van der Waals surface area contributed by atoms with Crippen LogP contribution in [-0.4, -0.2) is 22.1 Å². The summed E-state index contributed by atoms with van der Waals surface area (Å²) < 4.78 is 11.4. The molecule has 2 aromatic carbocycles. The van der Waals surface area contributed by atoms with Crippen LogP contribution in [0.2, 0.25) is 0 Å². The normalized spacial score (nSPS) is 10.2. The second kappa shape index (κ2) is 8.19. The number of rotatable bonds is 4. The molecule has 2 aromatic heterocycles. The van der Waals surface area contributed by atoms with Gasteiger partial charge in [-0.25, -0.2) is 15.0 Å². The zero-order valence-electron chi connectivity index (χ0n) is 15.3. The summed E-state index contributed by atoms with van der Waals surface area (Å²) in [5.74, 6) is 7.30. The molecule has 4 rings (SSSR count). The molecule has 0 saturated heterocycles. The first kappa shape index (κ1) is 17.5. The number of fused-ring (bicyclic) bond motifs is 1. The minimum Gasteiger partial charge on any atom is -0.496 e. The van der Waals surface area contributed by atoms with E-state index in [0.717, 1.165) is 16.9 Å². The molecule has 0 spiro atoms. The molecule has 0 fully saturated rings. The maximum absolute atomic E-state index is 5.98. The first-order valence-corrected chi connectivity index (χ1v) is 8.78. The van der Waals surface area contributed by atoms with Gasteiger partial charge in [0.05, 0.1) is 7.11 Å². The third kappa shape index (κ3) is 3.92. The molecule has 5 nitrogen and oxygen atoms in total. The van der Waals surface area contributed by atoms with Crippen molar-refractivity contribution in [2.75, 3.05) is 7.11 Å². The van der Waals surface area contributed by atoms with E-state index in [1.54, 1.807) is 13.3 Å². The quantitative estimate of drug-likeness (QED) is 0.510. The second-order valence-corrected chi connectivity index (χ2v) is 5.94. The lowest BCUT2D eigenvalue weighted by atomic mass is 10.2. The van der Waals surface area contributed by atoms with Gasteiger partial charge >= 0.3 is 0 Å². The lowest BCUT2D eigenvalue weighted by Crippen LogP contribution is -2.03. The largest absolute Gasteiger partial charge is 0.496 e. The fourth-order valence-corrected chi connectivity index (χ4v) is 2.68. The zero-order chi connectivity index (χ0) is 19.2. The van der Waals surface area contributed by atoms with Crippen LogP contribution in [0.4, 0.5) is 0 Å². The minimum atomic E-state index is 0.296. The lowest BCUT2D eigenvalue weighted by molar-refractivity contribution is 0.284. The zero-order valence-corrected chi connectivity index (χ0v) is 15.3. The molecule has 4 aromatic rings. The van der Waals surface area contributed by atoms with Crippen LogP contribution >= 0.6 is 0 Å². The number of nitrogens with zero attached hydrogens (tertiary/aromatic N) is 3. The maximum atomic E-state index is 5.98. The van der Waals surface area contributed by atoms with E-state index in [2.05, 4.69) is 26.8 Å². The van der Waals surface area contributed by atoms with Crippen molar-refractivity contribution in [1.82, 2.24) is 15.0 Å². The molecule has 0 radical (unpaired) electrons. The number of ether oxygens (including phenoxy) is 2. The van der Waals surface area contributed by atoms with Gasteiger partial charge in [0.2, 0.25) is 5.88 Å². The number of hydrogen-bond donors (Lipinski definition) is 0. The SMILES string of the molecule is COc1ccccc1COc1nc2cccnc2nc1C#Cc1ccccc1. The fourth-order valence-electron chi connectivity index (χ4n) is 2.68. The Bertz CT molecular complexity index is 1160. The van der Waals surface area contributed by atoms with Gasteiger partial charge in [-0.1, -0.05) is 42.3 Å². The molecule has 0 atom stereocenters. The van der Waals surface area contributed by atoms with Gasteiger partial charge in [-0.3, -0.25) is 0 Å². The van der Waals surface area contributed by atoms with Crippen LogP contribution in [0.15, 0.2) is 72.9 Å². The van der Waals surface area contributed by atoms with Gasteiger partial charge in [-0.15, -0.1) is 0 Å². The van der Waals surface area contributed by atoms with Crippen molar-refractivity contribution in [3.05, 3.63) is 89.7 Å². The number of para-hydroxylation sites is 1. The average molecular weight is 367 g/mol. The van der Waals surface area contributed by atoms with Crippen LogP contribution in [0.5, 0.6) is 11.6 Å². The first-order chi connectivity index (χ1) is 13.8. The van der Waals surface area contributed by atoms with Gasteiger partial charge in [0.1, 0.15) is 17.9 Å². The maximum Gasteiger partial charge on any atom is 0.250 e. The monoisotopic (exact) mass is 367 g/mol. The van der Waals surface area contributed by atoms with Crippen molar-refractivity contribution in [3.63, 3.8) is 0 Å².